The zero-order valence-corrected chi connectivity index (χ0v) is 7.03. The van der Waals surface area contributed by atoms with Gasteiger partial charge in [-0.3, -0.25) is 0 Å². The summed E-state index contributed by atoms with van der Waals surface area (Å²) in [4.78, 5) is 31.0. The van der Waals surface area contributed by atoms with Gasteiger partial charge in [0, 0.05) is 11.1 Å². The van der Waals surface area contributed by atoms with Gasteiger partial charge in [0.1, 0.15) is 0 Å². The van der Waals surface area contributed by atoms with E-state index in [0.717, 1.165) is 0 Å². The molecule has 0 fully saturated rings. The second kappa shape index (κ2) is 4.24. The summed E-state index contributed by atoms with van der Waals surface area (Å²) in [6.45, 7) is 2.36. The number of carboxylic acids is 1. The molecule has 0 saturated heterocycles. The highest BCUT2D eigenvalue weighted by molar-refractivity contribution is 6.01. The number of ether oxygens (including phenoxy) is 1. The Bertz CT molecular complexity index is 287. The molecule has 0 atom stereocenters. The van der Waals surface area contributed by atoms with Gasteiger partial charge in [-0.1, -0.05) is 0 Å². The first-order valence-corrected chi connectivity index (χ1v) is 3.22. The first-order chi connectivity index (χ1) is 5.86. The normalized spacial score (nSPS) is 11.5. The van der Waals surface area contributed by atoms with Crippen molar-refractivity contribution in [1.29, 1.82) is 0 Å². The van der Waals surface area contributed by atoms with Crippen LogP contribution in [0.2, 0.25) is 0 Å². The van der Waals surface area contributed by atoms with Crippen LogP contribution in [-0.4, -0.2) is 28.3 Å². The molecule has 6 heteroatoms. The van der Waals surface area contributed by atoms with Crippen molar-refractivity contribution < 1.29 is 29.3 Å². The maximum Gasteiger partial charge on any atom is 0.513 e. The monoisotopic (exact) mass is 188 g/mol. The first-order valence-electron chi connectivity index (χ1n) is 3.22. The van der Waals surface area contributed by atoms with E-state index >= 15 is 0 Å². The molecule has 0 aromatic carbocycles. The van der Waals surface area contributed by atoms with Crippen LogP contribution in [0, 0.1) is 0 Å². The van der Waals surface area contributed by atoms with Crippen LogP contribution in [-0.2, 0) is 14.3 Å². The van der Waals surface area contributed by atoms with Crippen LogP contribution in [0.15, 0.2) is 11.1 Å². The lowest BCUT2D eigenvalue weighted by Crippen LogP contribution is -2.14. The SMILES string of the molecule is C/C(C(=O)O)=C(\C)C(=O)OC(=O)O. The molecule has 0 aliphatic heterocycles. The molecule has 0 bridgehead atoms. The van der Waals surface area contributed by atoms with E-state index in [1.54, 1.807) is 0 Å². The Hall–Kier alpha value is -1.85. The minimum absolute atomic E-state index is 0.241. The molecule has 0 amide bonds. The smallest absolute Gasteiger partial charge is 0.478 e. The van der Waals surface area contributed by atoms with Gasteiger partial charge in [-0.05, 0) is 13.8 Å². The largest absolute Gasteiger partial charge is 0.513 e. The number of carboxylic acid groups (broad SMARTS) is 2. The number of carbonyl (C=O) groups excluding carboxylic acids is 1. The molecule has 0 radical (unpaired) electrons. The molecule has 0 unspecified atom stereocenters. The first kappa shape index (κ1) is 11.2. The Labute approximate surface area is 73.4 Å². The van der Waals surface area contributed by atoms with Crippen LogP contribution < -0.4 is 0 Å². The van der Waals surface area contributed by atoms with E-state index in [1.807, 2.05) is 0 Å². The van der Waals surface area contributed by atoms with Crippen LogP contribution in [0.4, 0.5) is 4.79 Å². The Balaban J connectivity index is 4.68. The average Bonchev–Trinajstić information content (AvgIpc) is 2.00. The molecule has 13 heavy (non-hydrogen) atoms. The third-order valence-electron chi connectivity index (χ3n) is 1.37. The summed E-state index contributed by atoms with van der Waals surface area (Å²) < 4.78 is 3.74. The maximum atomic E-state index is 10.8. The van der Waals surface area contributed by atoms with E-state index in [2.05, 4.69) is 4.74 Å². The summed E-state index contributed by atoms with van der Waals surface area (Å²) in [5.41, 5.74) is -0.485. The predicted octanol–water partition coefficient (Wildman–Crippen LogP) is 0.629. The molecule has 0 heterocycles. The third-order valence-corrected chi connectivity index (χ3v) is 1.37. The van der Waals surface area contributed by atoms with Gasteiger partial charge in [0.25, 0.3) is 0 Å². The molecule has 72 valence electrons. The summed E-state index contributed by atoms with van der Waals surface area (Å²) in [6.07, 6.45) is -1.76. The molecule has 0 spiro atoms. The van der Waals surface area contributed by atoms with E-state index in [1.165, 1.54) is 13.8 Å². The fourth-order valence-electron chi connectivity index (χ4n) is 0.469. The number of rotatable bonds is 2. The lowest BCUT2D eigenvalue weighted by molar-refractivity contribution is -0.137. The topological polar surface area (TPSA) is 101 Å². The van der Waals surface area contributed by atoms with Crippen LogP contribution in [0.1, 0.15) is 13.8 Å². The Morgan fingerprint density at radius 3 is 1.77 bits per heavy atom. The van der Waals surface area contributed by atoms with Crippen molar-refractivity contribution in [2.45, 2.75) is 13.8 Å². The van der Waals surface area contributed by atoms with Gasteiger partial charge in [0.05, 0.1) is 0 Å². The van der Waals surface area contributed by atoms with Crippen LogP contribution >= 0.6 is 0 Å². The molecule has 0 saturated carbocycles. The summed E-state index contributed by atoms with van der Waals surface area (Å²) in [6, 6.07) is 0. The van der Waals surface area contributed by atoms with Gasteiger partial charge < -0.3 is 14.9 Å². The lowest BCUT2D eigenvalue weighted by atomic mass is 10.1. The quantitative estimate of drug-likeness (QED) is 0.374. The van der Waals surface area contributed by atoms with E-state index in [-0.39, 0.29) is 11.1 Å². The summed E-state index contributed by atoms with van der Waals surface area (Å²) in [5, 5.41) is 16.5. The number of esters is 1. The van der Waals surface area contributed by atoms with Gasteiger partial charge in [-0.25, -0.2) is 14.4 Å². The van der Waals surface area contributed by atoms with Gasteiger partial charge >= 0.3 is 18.1 Å². The Morgan fingerprint density at radius 1 is 1.00 bits per heavy atom. The average molecular weight is 188 g/mol. The van der Waals surface area contributed by atoms with E-state index in [0.29, 0.717) is 0 Å². The van der Waals surface area contributed by atoms with E-state index in [4.69, 9.17) is 10.2 Å². The predicted molar refractivity (Wildman–Crippen MR) is 40.1 cm³/mol. The van der Waals surface area contributed by atoms with Gasteiger partial charge in [-0.2, -0.15) is 0 Å². The summed E-state index contributed by atoms with van der Waals surface area (Å²) >= 11 is 0. The molecule has 0 aliphatic carbocycles. The second-order valence-corrected chi connectivity index (χ2v) is 2.21. The highest BCUT2D eigenvalue weighted by Gasteiger charge is 2.16. The number of hydrogen-bond acceptors (Lipinski definition) is 4. The highest BCUT2D eigenvalue weighted by atomic mass is 16.7. The third kappa shape index (κ3) is 3.37. The van der Waals surface area contributed by atoms with Gasteiger partial charge in [-0.15, -0.1) is 0 Å². The molecule has 2 N–H and O–H groups in total. The highest BCUT2D eigenvalue weighted by Crippen LogP contribution is 2.05. The standard InChI is InChI=1S/C7H8O6/c1-3(5(8)9)4(2)6(10)13-7(11)12/h1-2H3,(H,8,9)(H,11,12)/b4-3-. The minimum atomic E-state index is -1.76. The fourth-order valence-corrected chi connectivity index (χ4v) is 0.469. The van der Waals surface area contributed by atoms with Crippen molar-refractivity contribution >= 4 is 18.1 Å². The lowest BCUT2D eigenvalue weighted by Gasteiger charge is -2.00. The molecular formula is C7H8O6. The molecule has 6 nitrogen and oxygen atoms in total. The van der Waals surface area contributed by atoms with Crippen molar-refractivity contribution in [3.05, 3.63) is 11.1 Å². The molecular weight excluding hydrogens is 180 g/mol. The summed E-state index contributed by atoms with van der Waals surface area (Å²) in [5.74, 6) is -2.47. The van der Waals surface area contributed by atoms with Crippen LogP contribution in [0.5, 0.6) is 0 Å². The van der Waals surface area contributed by atoms with Crippen molar-refractivity contribution in [2.75, 3.05) is 0 Å². The second-order valence-electron chi connectivity index (χ2n) is 2.21. The number of aliphatic carboxylic acids is 1. The fraction of sp³-hybridized carbons (Fsp3) is 0.286. The van der Waals surface area contributed by atoms with Gasteiger partial charge in [0.15, 0.2) is 0 Å². The zero-order valence-electron chi connectivity index (χ0n) is 7.03. The molecule has 0 aromatic heterocycles. The molecule has 0 rings (SSSR count). The van der Waals surface area contributed by atoms with Crippen molar-refractivity contribution in [1.82, 2.24) is 0 Å². The van der Waals surface area contributed by atoms with Gasteiger partial charge in [0.2, 0.25) is 0 Å². The zero-order chi connectivity index (χ0) is 10.6. The van der Waals surface area contributed by atoms with Crippen LogP contribution in [0.25, 0.3) is 0 Å². The van der Waals surface area contributed by atoms with E-state index < -0.39 is 18.1 Å². The Morgan fingerprint density at radius 2 is 1.46 bits per heavy atom. The van der Waals surface area contributed by atoms with Crippen molar-refractivity contribution in [2.24, 2.45) is 0 Å². The maximum absolute atomic E-state index is 10.8. The molecule has 0 aliphatic rings. The molecule has 0 aromatic rings. The number of carbonyl (C=O) groups is 3. The number of hydrogen-bond donors (Lipinski definition) is 2. The van der Waals surface area contributed by atoms with Crippen molar-refractivity contribution in [3.63, 3.8) is 0 Å². The van der Waals surface area contributed by atoms with Crippen LogP contribution in [0.3, 0.4) is 0 Å². The Kier molecular flexibility index (Phi) is 3.64. The van der Waals surface area contributed by atoms with E-state index in [9.17, 15) is 14.4 Å². The van der Waals surface area contributed by atoms with Crippen molar-refractivity contribution in [3.8, 4) is 0 Å². The summed E-state index contributed by atoms with van der Waals surface area (Å²) in [7, 11) is 0. The minimum Gasteiger partial charge on any atom is -0.478 e.